The van der Waals surface area contributed by atoms with Crippen molar-refractivity contribution in [3.63, 3.8) is 0 Å². The third-order valence-electron chi connectivity index (χ3n) is 6.23. The van der Waals surface area contributed by atoms with Crippen molar-refractivity contribution in [2.75, 3.05) is 12.4 Å². The molecule has 3 amide bonds. The number of nitrogens with one attached hydrogen (secondary N) is 2. The van der Waals surface area contributed by atoms with Crippen molar-refractivity contribution >= 4 is 46.4 Å². The van der Waals surface area contributed by atoms with Crippen LogP contribution in [0.1, 0.15) is 69.4 Å². The van der Waals surface area contributed by atoms with Gasteiger partial charge in [0.25, 0.3) is 5.24 Å². The third-order valence-corrected chi connectivity index (χ3v) is 6.44. The summed E-state index contributed by atoms with van der Waals surface area (Å²) >= 11 is 5.62. The Kier molecular flexibility index (Phi) is 12.5. The number of carbonyl (C=O) groups is 5. The summed E-state index contributed by atoms with van der Waals surface area (Å²) < 4.78 is 10.7. The zero-order valence-corrected chi connectivity index (χ0v) is 25.9. The molecule has 0 bridgehead atoms. The van der Waals surface area contributed by atoms with E-state index < -0.39 is 46.7 Å². The minimum Gasteiger partial charge on any atom is -0.460 e. The maximum atomic E-state index is 12.9. The standard InChI is InChI=1S/C31H40ClN3O7/c1-19(2)25(16-26(36)42-31(4,5)6)29(39)33-20(3)28(38)34-23-14-12-21(13-15-23)18-41-30(40)35(7)17-22-10-8-9-11-24(22)27(32)37/h8-15,19-20,25H,16-18H2,1-7H3,(H,33,39)(H,34,38)/t20-,25-/m0/s1. The monoisotopic (exact) mass is 601 g/mol. The van der Waals surface area contributed by atoms with E-state index in [0.29, 0.717) is 22.4 Å². The first-order valence-corrected chi connectivity index (χ1v) is 14.0. The first-order valence-electron chi connectivity index (χ1n) is 13.6. The van der Waals surface area contributed by atoms with Crippen LogP contribution in [0.4, 0.5) is 10.5 Å². The number of halogens is 1. The minimum atomic E-state index is -0.854. The van der Waals surface area contributed by atoms with Crippen molar-refractivity contribution in [2.45, 2.75) is 72.8 Å². The Hall–Kier alpha value is -3.92. The molecule has 0 spiro atoms. The largest absolute Gasteiger partial charge is 0.460 e. The van der Waals surface area contributed by atoms with Gasteiger partial charge in [-0.05, 0) is 74.5 Å². The van der Waals surface area contributed by atoms with Gasteiger partial charge in [-0.15, -0.1) is 0 Å². The average molecular weight is 602 g/mol. The second-order valence-electron chi connectivity index (χ2n) is 11.4. The molecule has 2 aromatic carbocycles. The lowest BCUT2D eigenvalue weighted by atomic mass is 9.91. The summed E-state index contributed by atoms with van der Waals surface area (Å²) in [6.45, 7) is 10.6. The van der Waals surface area contributed by atoms with Crippen LogP contribution in [-0.4, -0.2) is 52.7 Å². The normalized spacial score (nSPS) is 12.6. The molecule has 0 unspecified atom stereocenters. The number of nitrogens with zero attached hydrogens (tertiary/aromatic N) is 1. The quantitative estimate of drug-likeness (QED) is 0.250. The fourth-order valence-electron chi connectivity index (χ4n) is 3.94. The maximum absolute atomic E-state index is 12.9. The van der Waals surface area contributed by atoms with E-state index in [4.69, 9.17) is 21.1 Å². The number of hydrogen-bond acceptors (Lipinski definition) is 7. The van der Waals surface area contributed by atoms with Gasteiger partial charge in [-0.2, -0.15) is 0 Å². The number of anilines is 1. The summed E-state index contributed by atoms with van der Waals surface area (Å²) in [7, 11) is 1.55. The molecule has 0 heterocycles. The van der Waals surface area contributed by atoms with E-state index in [-0.39, 0.29) is 25.5 Å². The second kappa shape index (κ2) is 15.3. The zero-order chi connectivity index (χ0) is 31.6. The second-order valence-corrected chi connectivity index (χ2v) is 11.7. The molecular formula is C31H40ClN3O7. The van der Waals surface area contributed by atoms with Gasteiger partial charge < -0.3 is 25.0 Å². The Bertz CT molecular complexity index is 1270. The number of amides is 3. The van der Waals surface area contributed by atoms with E-state index in [1.165, 1.54) is 4.90 Å². The van der Waals surface area contributed by atoms with Gasteiger partial charge in [0.2, 0.25) is 11.8 Å². The highest BCUT2D eigenvalue weighted by atomic mass is 35.5. The van der Waals surface area contributed by atoms with Crippen LogP contribution in [0.5, 0.6) is 0 Å². The van der Waals surface area contributed by atoms with E-state index in [0.717, 1.165) is 0 Å². The smallest absolute Gasteiger partial charge is 0.410 e. The van der Waals surface area contributed by atoms with Gasteiger partial charge in [0.1, 0.15) is 18.2 Å². The van der Waals surface area contributed by atoms with Crippen molar-refractivity contribution < 1.29 is 33.4 Å². The lowest BCUT2D eigenvalue weighted by Gasteiger charge is -2.25. The Balaban J connectivity index is 1.87. The van der Waals surface area contributed by atoms with Gasteiger partial charge in [0.05, 0.1) is 12.3 Å². The van der Waals surface area contributed by atoms with Gasteiger partial charge in [-0.1, -0.05) is 44.2 Å². The van der Waals surface area contributed by atoms with E-state index in [1.54, 1.807) is 83.3 Å². The number of hydrogen-bond donors (Lipinski definition) is 2. The van der Waals surface area contributed by atoms with E-state index in [9.17, 15) is 24.0 Å². The molecule has 0 aliphatic heterocycles. The summed E-state index contributed by atoms with van der Waals surface area (Å²) in [6.07, 6.45) is -0.669. The van der Waals surface area contributed by atoms with Crippen molar-refractivity contribution in [3.05, 3.63) is 65.2 Å². The van der Waals surface area contributed by atoms with Gasteiger partial charge >= 0.3 is 12.1 Å². The highest BCUT2D eigenvalue weighted by Gasteiger charge is 2.30. The zero-order valence-electron chi connectivity index (χ0n) is 25.2. The fourth-order valence-corrected chi connectivity index (χ4v) is 4.12. The van der Waals surface area contributed by atoms with Crippen molar-refractivity contribution in [3.8, 4) is 0 Å². The van der Waals surface area contributed by atoms with Gasteiger partial charge in [0.15, 0.2) is 0 Å². The molecule has 228 valence electrons. The summed E-state index contributed by atoms with van der Waals surface area (Å²) in [6, 6.07) is 12.6. The summed E-state index contributed by atoms with van der Waals surface area (Å²) in [5, 5.41) is 4.82. The van der Waals surface area contributed by atoms with Crippen molar-refractivity contribution in [1.29, 1.82) is 0 Å². The molecule has 2 N–H and O–H groups in total. The summed E-state index contributed by atoms with van der Waals surface area (Å²) in [5.74, 6) is -2.09. The van der Waals surface area contributed by atoms with Crippen LogP contribution >= 0.6 is 11.6 Å². The molecule has 2 atom stereocenters. The highest BCUT2D eigenvalue weighted by Crippen LogP contribution is 2.20. The Morgan fingerprint density at radius 1 is 0.929 bits per heavy atom. The first kappa shape index (κ1) is 34.3. The van der Waals surface area contributed by atoms with Crippen LogP contribution in [0, 0.1) is 11.8 Å². The molecule has 0 aliphatic carbocycles. The molecule has 10 nitrogen and oxygen atoms in total. The molecule has 2 rings (SSSR count). The van der Waals surface area contributed by atoms with Gasteiger partial charge in [-0.3, -0.25) is 19.2 Å². The number of esters is 1. The maximum Gasteiger partial charge on any atom is 0.410 e. The Labute approximate surface area is 252 Å². The van der Waals surface area contributed by atoms with Crippen LogP contribution in [0.15, 0.2) is 48.5 Å². The van der Waals surface area contributed by atoms with Crippen LogP contribution in [0.3, 0.4) is 0 Å². The van der Waals surface area contributed by atoms with E-state index >= 15 is 0 Å². The lowest BCUT2D eigenvalue weighted by molar-refractivity contribution is -0.158. The molecule has 0 radical (unpaired) electrons. The molecule has 0 aromatic heterocycles. The molecule has 11 heteroatoms. The predicted molar refractivity (Wildman–Crippen MR) is 160 cm³/mol. The van der Waals surface area contributed by atoms with Crippen LogP contribution in [-0.2, 0) is 37.0 Å². The predicted octanol–water partition coefficient (Wildman–Crippen LogP) is 5.28. The molecule has 0 fully saturated rings. The molecular weight excluding hydrogens is 562 g/mol. The van der Waals surface area contributed by atoms with E-state index in [1.807, 2.05) is 13.8 Å². The van der Waals surface area contributed by atoms with E-state index in [2.05, 4.69) is 10.6 Å². The van der Waals surface area contributed by atoms with Crippen LogP contribution in [0.25, 0.3) is 0 Å². The number of rotatable bonds is 12. The van der Waals surface area contributed by atoms with Crippen molar-refractivity contribution in [2.24, 2.45) is 11.8 Å². The summed E-state index contributed by atoms with van der Waals surface area (Å²) in [5.41, 5.74) is 1.45. The first-order chi connectivity index (χ1) is 19.6. The Morgan fingerprint density at radius 2 is 1.55 bits per heavy atom. The topological polar surface area (TPSA) is 131 Å². The average Bonchev–Trinajstić information content (AvgIpc) is 2.89. The summed E-state index contributed by atoms with van der Waals surface area (Å²) in [4.78, 5) is 63.2. The molecule has 0 aliphatic rings. The van der Waals surface area contributed by atoms with Crippen LogP contribution < -0.4 is 10.6 Å². The number of benzene rings is 2. The molecule has 42 heavy (non-hydrogen) atoms. The Morgan fingerprint density at radius 3 is 2.12 bits per heavy atom. The number of carbonyl (C=O) groups excluding carboxylic acids is 5. The fraction of sp³-hybridized carbons (Fsp3) is 0.452. The lowest BCUT2D eigenvalue weighted by Crippen LogP contribution is -2.45. The van der Waals surface area contributed by atoms with Crippen molar-refractivity contribution in [1.82, 2.24) is 10.2 Å². The minimum absolute atomic E-state index is 0.00577. The third kappa shape index (κ3) is 11.2. The molecule has 0 saturated heterocycles. The molecule has 2 aromatic rings. The molecule has 0 saturated carbocycles. The van der Waals surface area contributed by atoms with Crippen LogP contribution in [0.2, 0.25) is 0 Å². The van der Waals surface area contributed by atoms with Gasteiger partial charge in [-0.25, -0.2) is 4.79 Å². The van der Waals surface area contributed by atoms with Gasteiger partial charge in [0, 0.05) is 24.8 Å². The SMILES string of the molecule is CC(C)[C@H](CC(=O)OC(C)(C)C)C(=O)N[C@@H](C)C(=O)Nc1ccc(COC(=O)N(C)Cc2ccccc2C(=O)Cl)cc1. The number of ether oxygens (including phenoxy) is 2. The highest BCUT2D eigenvalue weighted by molar-refractivity contribution is 6.67.